The number of hydrogen-bond donors (Lipinski definition) is 2. The fourth-order valence-corrected chi connectivity index (χ4v) is 3.32. The first-order valence-electron chi connectivity index (χ1n) is 7.01. The van der Waals surface area contributed by atoms with E-state index in [0.717, 1.165) is 27.7 Å². The lowest BCUT2D eigenvalue weighted by Gasteiger charge is -2.21. The lowest BCUT2D eigenvalue weighted by Crippen LogP contribution is -2.34. The zero-order chi connectivity index (χ0) is 14.5. The second-order valence-electron chi connectivity index (χ2n) is 5.02. The number of nitrogens with zero attached hydrogens (tertiary/aromatic N) is 1. The summed E-state index contributed by atoms with van der Waals surface area (Å²) in [4.78, 5) is 7.95. The maximum Gasteiger partial charge on any atom is 0.166 e. The highest BCUT2D eigenvalue weighted by Crippen LogP contribution is 2.24. The SMILES string of the molecule is CCC(C)C(CSc1nc2ccc(OC)cc2[nH]1)NC. The van der Waals surface area contributed by atoms with Gasteiger partial charge in [-0.15, -0.1) is 0 Å². The van der Waals surface area contributed by atoms with E-state index in [1.807, 2.05) is 25.2 Å². The van der Waals surface area contributed by atoms with Gasteiger partial charge in [0.25, 0.3) is 0 Å². The van der Waals surface area contributed by atoms with Gasteiger partial charge in [0.15, 0.2) is 5.16 Å². The van der Waals surface area contributed by atoms with Crippen molar-refractivity contribution in [2.24, 2.45) is 5.92 Å². The Kier molecular flexibility index (Phi) is 5.31. The van der Waals surface area contributed by atoms with Crippen LogP contribution in [0.4, 0.5) is 0 Å². The van der Waals surface area contributed by atoms with Gasteiger partial charge >= 0.3 is 0 Å². The summed E-state index contributed by atoms with van der Waals surface area (Å²) < 4.78 is 5.23. The minimum atomic E-state index is 0.507. The summed E-state index contributed by atoms with van der Waals surface area (Å²) in [5.41, 5.74) is 2.01. The van der Waals surface area contributed by atoms with Crippen LogP contribution in [0.2, 0.25) is 0 Å². The van der Waals surface area contributed by atoms with E-state index >= 15 is 0 Å². The monoisotopic (exact) mass is 293 g/mol. The highest BCUT2D eigenvalue weighted by molar-refractivity contribution is 7.99. The normalized spacial score (nSPS) is 14.4. The van der Waals surface area contributed by atoms with Crippen molar-refractivity contribution in [3.05, 3.63) is 18.2 Å². The maximum atomic E-state index is 5.23. The predicted molar refractivity (Wildman–Crippen MR) is 85.7 cm³/mol. The molecule has 0 fully saturated rings. The van der Waals surface area contributed by atoms with Gasteiger partial charge in [0.1, 0.15) is 5.75 Å². The number of thioether (sulfide) groups is 1. The lowest BCUT2D eigenvalue weighted by molar-refractivity contribution is 0.415. The summed E-state index contributed by atoms with van der Waals surface area (Å²) in [5.74, 6) is 2.53. The van der Waals surface area contributed by atoms with Crippen LogP contribution in [-0.2, 0) is 0 Å². The minimum absolute atomic E-state index is 0.507. The number of aromatic amines is 1. The van der Waals surface area contributed by atoms with Crippen molar-refractivity contribution in [2.45, 2.75) is 31.5 Å². The molecule has 2 atom stereocenters. The molecule has 0 radical (unpaired) electrons. The van der Waals surface area contributed by atoms with Gasteiger partial charge in [0.05, 0.1) is 18.1 Å². The first kappa shape index (κ1) is 15.2. The average molecular weight is 293 g/mol. The predicted octanol–water partition coefficient (Wildman–Crippen LogP) is 3.30. The topological polar surface area (TPSA) is 49.9 Å². The third kappa shape index (κ3) is 3.46. The van der Waals surface area contributed by atoms with Crippen molar-refractivity contribution in [1.29, 1.82) is 0 Å². The molecule has 0 aliphatic carbocycles. The summed E-state index contributed by atoms with van der Waals surface area (Å²) in [5, 5.41) is 4.36. The van der Waals surface area contributed by atoms with E-state index in [2.05, 4.69) is 29.1 Å². The molecule has 2 unspecified atom stereocenters. The van der Waals surface area contributed by atoms with Gasteiger partial charge in [-0.1, -0.05) is 32.0 Å². The number of benzene rings is 1. The van der Waals surface area contributed by atoms with Gasteiger partial charge in [-0.2, -0.15) is 0 Å². The third-order valence-corrected chi connectivity index (χ3v) is 4.76. The van der Waals surface area contributed by atoms with Gasteiger partial charge in [-0.3, -0.25) is 0 Å². The second-order valence-corrected chi connectivity index (χ2v) is 6.03. The van der Waals surface area contributed by atoms with Crippen LogP contribution in [0, 0.1) is 5.92 Å². The molecule has 0 spiro atoms. The van der Waals surface area contributed by atoms with E-state index in [1.165, 1.54) is 6.42 Å². The highest BCUT2D eigenvalue weighted by Gasteiger charge is 2.15. The van der Waals surface area contributed by atoms with E-state index in [-0.39, 0.29) is 0 Å². The van der Waals surface area contributed by atoms with Crippen molar-refractivity contribution >= 4 is 22.8 Å². The molecule has 0 aliphatic heterocycles. The number of fused-ring (bicyclic) bond motifs is 1. The van der Waals surface area contributed by atoms with Crippen molar-refractivity contribution in [2.75, 3.05) is 19.9 Å². The number of methoxy groups -OCH3 is 1. The highest BCUT2D eigenvalue weighted by atomic mass is 32.2. The smallest absolute Gasteiger partial charge is 0.166 e. The Morgan fingerprint density at radius 1 is 1.45 bits per heavy atom. The molecule has 0 saturated carbocycles. The fraction of sp³-hybridized carbons (Fsp3) is 0.533. The van der Waals surface area contributed by atoms with Crippen LogP contribution in [0.25, 0.3) is 11.0 Å². The maximum absolute atomic E-state index is 5.23. The summed E-state index contributed by atoms with van der Waals surface area (Å²) in [6.07, 6.45) is 1.18. The van der Waals surface area contributed by atoms with Crippen molar-refractivity contribution < 1.29 is 4.74 Å². The summed E-state index contributed by atoms with van der Waals surface area (Å²) in [6.45, 7) is 4.51. The summed E-state index contributed by atoms with van der Waals surface area (Å²) in [6, 6.07) is 6.41. The molecule has 0 saturated heterocycles. The fourth-order valence-electron chi connectivity index (χ4n) is 2.15. The first-order chi connectivity index (χ1) is 9.67. The molecule has 5 heteroatoms. The number of nitrogens with one attached hydrogen (secondary N) is 2. The van der Waals surface area contributed by atoms with Crippen LogP contribution in [0.3, 0.4) is 0 Å². The Labute approximate surface area is 124 Å². The Hall–Kier alpha value is -1.20. The summed E-state index contributed by atoms with van der Waals surface area (Å²) >= 11 is 1.77. The molecule has 0 aliphatic rings. The van der Waals surface area contributed by atoms with E-state index in [0.29, 0.717) is 12.0 Å². The molecule has 2 N–H and O–H groups in total. The Morgan fingerprint density at radius 3 is 2.90 bits per heavy atom. The first-order valence-corrected chi connectivity index (χ1v) is 8.00. The standard InChI is InChI=1S/C15H23N3OS/c1-5-10(2)14(16-3)9-20-15-17-12-7-6-11(19-4)8-13(12)18-15/h6-8,10,14,16H,5,9H2,1-4H3,(H,17,18). The number of aromatic nitrogens is 2. The van der Waals surface area contributed by atoms with E-state index in [1.54, 1.807) is 18.9 Å². The second kappa shape index (κ2) is 6.99. The van der Waals surface area contributed by atoms with Crippen molar-refractivity contribution in [3.8, 4) is 5.75 Å². The molecule has 1 aromatic carbocycles. The van der Waals surface area contributed by atoms with Crippen LogP contribution >= 0.6 is 11.8 Å². The van der Waals surface area contributed by atoms with E-state index in [9.17, 15) is 0 Å². The molecule has 110 valence electrons. The molecule has 4 nitrogen and oxygen atoms in total. The molecule has 1 aromatic heterocycles. The third-order valence-electron chi connectivity index (χ3n) is 3.77. The summed E-state index contributed by atoms with van der Waals surface area (Å²) in [7, 11) is 3.71. The van der Waals surface area contributed by atoms with Crippen LogP contribution in [-0.4, -0.2) is 35.9 Å². The molecule has 1 heterocycles. The molecule has 2 rings (SSSR count). The van der Waals surface area contributed by atoms with Crippen LogP contribution in [0.1, 0.15) is 20.3 Å². The number of H-pyrrole nitrogens is 1. The number of ether oxygens (including phenoxy) is 1. The largest absolute Gasteiger partial charge is 0.497 e. The lowest BCUT2D eigenvalue weighted by atomic mass is 10.0. The van der Waals surface area contributed by atoms with Crippen molar-refractivity contribution in [3.63, 3.8) is 0 Å². The molecule has 2 aromatic rings. The van der Waals surface area contributed by atoms with Crippen LogP contribution < -0.4 is 10.1 Å². The van der Waals surface area contributed by atoms with E-state index in [4.69, 9.17) is 4.74 Å². The van der Waals surface area contributed by atoms with Gasteiger partial charge in [0.2, 0.25) is 0 Å². The van der Waals surface area contributed by atoms with Gasteiger partial charge in [-0.25, -0.2) is 4.98 Å². The van der Waals surface area contributed by atoms with Gasteiger partial charge in [0, 0.05) is 17.9 Å². The zero-order valence-corrected chi connectivity index (χ0v) is 13.4. The average Bonchev–Trinajstić information content (AvgIpc) is 2.89. The number of hydrogen-bond acceptors (Lipinski definition) is 4. The quantitative estimate of drug-likeness (QED) is 0.769. The minimum Gasteiger partial charge on any atom is -0.497 e. The molecular weight excluding hydrogens is 270 g/mol. The van der Waals surface area contributed by atoms with Gasteiger partial charge < -0.3 is 15.0 Å². The Balaban J connectivity index is 2.06. The zero-order valence-electron chi connectivity index (χ0n) is 12.6. The molecule has 0 bridgehead atoms. The van der Waals surface area contributed by atoms with E-state index < -0.39 is 0 Å². The van der Waals surface area contributed by atoms with Crippen LogP contribution in [0.5, 0.6) is 5.75 Å². The number of rotatable bonds is 7. The number of imidazole rings is 1. The molecule has 20 heavy (non-hydrogen) atoms. The molecular formula is C15H23N3OS. The van der Waals surface area contributed by atoms with Crippen molar-refractivity contribution in [1.82, 2.24) is 15.3 Å². The Morgan fingerprint density at radius 2 is 2.25 bits per heavy atom. The molecule has 0 amide bonds. The van der Waals surface area contributed by atoms with Gasteiger partial charge in [-0.05, 0) is 25.1 Å². The van der Waals surface area contributed by atoms with Crippen LogP contribution in [0.15, 0.2) is 23.4 Å². The Bertz CT molecular complexity index is 555.